The van der Waals surface area contributed by atoms with Gasteiger partial charge in [-0.05, 0) is 37.0 Å². The fraction of sp³-hybridized carbons (Fsp3) is 0.412. The van der Waals surface area contributed by atoms with Crippen LogP contribution in [0.5, 0.6) is 0 Å². The molecule has 0 spiro atoms. The van der Waals surface area contributed by atoms with Gasteiger partial charge in [-0.15, -0.1) is 0 Å². The summed E-state index contributed by atoms with van der Waals surface area (Å²) < 4.78 is 1.94. The third-order valence-electron chi connectivity index (χ3n) is 3.68. The van der Waals surface area contributed by atoms with E-state index in [1.165, 1.54) is 24.0 Å². The zero-order valence-corrected chi connectivity index (χ0v) is 13.0. The summed E-state index contributed by atoms with van der Waals surface area (Å²) in [5.41, 5.74) is 2.50. The Kier molecular flexibility index (Phi) is 4.73. The number of nitrogens with zero attached hydrogens (tertiary/aromatic N) is 3. The van der Waals surface area contributed by atoms with E-state index < -0.39 is 0 Å². The van der Waals surface area contributed by atoms with Gasteiger partial charge < -0.3 is 10.6 Å². The summed E-state index contributed by atoms with van der Waals surface area (Å²) in [6, 6.07) is 11.0. The van der Waals surface area contributed by atoms with Crippen molar-refractivity contribution in [2.75, 3.05) is 6.54 Å². The minimum atomic E-state index is 0.608. The summed E-state index contributed by atoms with van der Waals surface area (Å²) in [5, 5.41) is 11.0. The van der Waals surface area contributed by atoms with Gasteiger partial charge in [0.05, 0.1) is 13.1 Å². The lowest BCUT2D eigenvalue weighted by Crippen LogP contribution is -2.38. The van der Waals surface area contributed by atoms with Crippen molar-refractivity contribution >= 4 is 5.96 Å². The molecule has 1 saturated carbocycles. The zero-order chi connectivity index (χ0) is 15.2. The third-order valence-corrected chi connectivity index (χ3v) is 3.68. The molecule has 0 amide bonds. The van der Waals surface area contributed by atoms with E-state index in [0.29, 0.717) is 12.6 Å². The minimum Gasteiger partial charge on any atom is -0.357 e. The third kappa shape index (κ3) is 4.10. The maximum Gasteiger partial charge on any atom is 0.191 e. The highest BCUT2D eigenvalue weighted by Gasteiger charge is 2.22. The van der Waals surface area contributed by atoms with Gasteiger partial charge in [0.2, 0.25) is 0 Å². The molecule has 0 bridgehead atoms. The van der Waals surface area contributed by atoms with Crippen LogP contribution in [0.25, 0.3) is 0 Å². The number of aliphatic imine (C=N–C) groups is 1. The number of aromatic nitrogens is 2. The van der Waals surface area contributed by atoms with Crippen LogP contribution in [0.15, 0.2) is 47.7 Å². The lowest BCUT2D eigenvalue weighted by Gasteiger charge is -2.12. The largest absolute Gasteiger partial charge is 0.357 e. The van der Waals surface area contributed by atoms with Crippen molar-refractivity contribution in [2.24, 2.45) is 4.99 Å². The topological polar surface area (TPSA) is 54.2 Å². The van der Waals surface area contributed by atoms with Gasteiger partial charge in [-0.3, -0.25) is 4.68 Å². The predicted molar refractivity (Wildman–Crippen MR) is 88.7 cm³/mol. The number of guanidine groups is 1. The van der Waals surface area contributed by atoms with Crippen LogP contribution in [-0.2, 0) is 13.1 Å². The molecule has 0 radical (unpaired) electrons. The molecule has 116 valence electrons. The van der Waals surface area contributed by atoms with Gasteiger partial charge in [0, 0.05) is 25.0 Å². The van der Waals surface area contributed by atoms with Gasteiger partial charge in [-0.2, -0.15) is 5.10 Å². The van der Waals surface area contributed by atoms with Crippen LogP contribution < -0.4 is 10.6 Å². The molecule has 3 rings (SSSR count). The summed E-state index contributed by atoms with van der Waals surface area (Å²) in [6.07, 6.45) is 6.29. The maximum atomic E-state index is 4.72. The molecule has 22 heavy (non-hydrogen) atoms. The molecule has 0 aliphatic heterocycles. The maximum absolute atomic E-state index is 4.72. The molecular weight excluding hydrogens is 274 g/mol. The fourth-order valence-electron chi connectivity index (χ4n) is 2.34. The number of rotatable bonds is 6. The van der Waals surface area contributed by atoms with E-state index in [-0.39, 0.29) is 0 Å². The number of benzene rings is 1. The Hall–Kier alpha value is -2.30. The summed E-state index contributed by atoms with van der Waals surface area (Å²) in [4.78, 5) is 4.72. The van der Waals surface area contributed by atoms with Crippen LogP contribution in [0.4, 0.5) is 0 Å². The van der Waals surface area contributed by atoms with E-state index in [0.717, 1.165) is 19.0 Å². The number of hydrogen-bond acceptors (Lipinski definition) is 2. The van der Waals surface area contributed by atoms with Crippen LogP contribution in [0.3, 0.4) is 0 Å². The first-order valence-electron chi connectivity index (χ1n) is 7.94. The highest BCUT2D eigenvalue weighted by molar-refractivity contribution is 5.80. The zero-order valence-electron chi connectivity index (χ0n) is 13.0. The van der Waals surface area contributed by atoms with Crippen LogP contribution in [0, 0.1) is 0 Å². The quantitative estimate of drug-likeness (QED) is 0.634. The van der Waals surface area contributed by atoms with E-state index in [9.17, 15) is 0 Å². The summed E-state index contributed by atoms with van der Waals surface area (Å²) in [6.45, 7) is 4.44. The van der Waals surface area contributed by atoms with Crippen molar-refractivity contribution in [3.05, 3.63) is 53.9 Å². The Morgan fingerprint density at radius 1 is 1.27 bits per heavy atom. The standard InChI is InChI=1S/C17H23N5/c1-2-18-17(21-16-8-9-16)19-12-14-6-3-4-7-15(14)13-22-11-5-10-20-22/h3-7,10-11,16H,2,8-9,12-13H2,1H3,(H2,18,19,21). The van der Waals surface area contributed by atoms with Crippen molar-refractivity contribution in [1.82, 2.24) is 20.4 Å². The molecule has 1 fully saturated rings. The van der Waals surface area contributed by atoms with Crippen molar-refractivity contribution in [2.45, 2.75) is 38.9 Å². The van der Waals surface area contributed by atoms with Crippen LogP contribution >= 0.6 is 0 Å². The second-order valence-corrected chi connectivity index (χ2v) is 5.59. The first-order chi connectivity index (χ1) is 10.8. The average Bonchev–Trinajstić information content (AvgIpc) is 3.20. The molecule has 0 saturated heterocycles. The van der Waals surface area contributed by atoms with Gasteiger partial charge >= 0.3 is 0 Å². The van der Waals surface area contributed by atoms with Crippen LogP contribution in [0.1, 0.15) is 30.9 Å². The smallest absolute Gasteiger partial charge is 0.191 e. The van der Waals surface area contributed by atoms with Crippen molar-refractivity contribution in [3.63, 3.8) is 0 Å². The summed E-state index contributed by atoms with van der Waals surface area (Å²) in [5.74, 6) is 0.916. The molecule has 5 nitrogen and oxygen atoms in total. The van der Waals surface area contributed by atoms with Gasteiger partial charge in [-0.1, -0.05) is 24.3 Å². The normalized spacial score (nSPS) is 14.9. The Bertz CT molecular complexity index is 614. The molecule has 2 N–H and O–H groups in total. The van der Waals surface area contributed by atoms with Crippen molar-refractivity contribution < 1.29 is 0 Å². The molecule has 1 aliphatic rings. The lowest BCUT2D eigenvalue weighted by molar-refractivity contribution is 0.680. The molecule has 0 unspecified atom stereocenters. The molecule has 1 aliphatic carbocycles. The molecule has 2 aromatic rings. The van der Waals surface area contributed by atoms with Crippen LogP contribution in [-0.4, -0.2) is 28.3 Å². The first-order valence-corrected chi connectivity index (χ1v) is 7.94. The van der Waals surface area contributed by atoms with Gasteiger partial charge in [0.1, 0.15) is 0 Å². The predicted octanol–water partition coefficient (Wildman–Crippen LogP) is 2.15. The number of hydrogen-bond donors (Lipinski definition) is 2. The summed E-state index contributed by atoms with van der Waals surface area (Å²) >= 11 is 0. The Morgan fingerprint density at radius 3 is 2.77 bits per heavy atom. The molecule has 5 heteroatoms. The van der Waals surface area contributed by atoms with Gasteiger partial charge in [-0.25, -0.2) is 4.99 Å². The highest BCUT2D eigenvalue weighted by Crippen LogP contribution is 2.18. The number of nitrogens with one attached hydrogen (secondary N) is 2. The Morgan fingerprint density at radius 2 is 2.09 bits per heavy atom. The second-order valence-electron chi connectivity index (χ2n) is 5.59. The molecule has 1 aromatic heterocycles. The second kappa shape index (κ2) is 7.11. The Labute approximate surface area is 131 Å². The molecule has 1 aromatic carbocycles. The molecule has 1 heterocycles. The highest BCUT2D eigenvalue weighted by atomic mass is 15.3. The van der Waals surface area contributed by atoms with E-state index in [1.807, 2.05) is 23.1 Å². The van der Waals surface area contributed by atoms with E-state index in [4.69, 9.17) is 4.99 Å². The minimum absolute atomic E-state index is 0.608. The van der Waals surface area contributed by atoms with Gasteiger partial charge in [0.15, 0.2) is 5.96 Å². The fourth-order valence-corrected chi connectivity index (χ4v) is 2.34. The lowest BCUT2D eigenvalue weighted by atomic mass is 10.1. The van der Waals surface area contributed by atoms with E-state index in [1.54, 1.807) is 0 Å². The monoisotopic (exact) mass is 297 g/mol. The SMILES string of the molecule is CCNC(=NCc1ccccc1Cn1cccn1)NC1CC1. The van der Waals surface area contributed by atoms with Crippen LogP contribution in [0.2, 0.25) is 0 Å². The van der Waals surface area contributed by atoms with E-state index in [2.05, 4.69) is 46.9 Å². The van der Waals surface area contributed by atoms with Gasteiger partial charge in [0.25, 0.3) is 0 Å². The molecule has 0 atom stereocenters. The van der Waals surface area contributed by atoms with Crippen molar-refractivity contribution in [1.29, 1.82) is 0 Å². The molecular formula is C17H23N5. The van der Waals surface area contributed by atoms with Crippen molar-refractivity contribution in [3.8, 4) is 0 Å². The Balaban J connectivity index is 1.70. The summed E-state index contributed by atoms with van der Waals surface area (Å²) in [7, 11) is 0. The average molecular weight is 297 g/mol. The van der Waals surface area contributed by atoms with E-state index >= 15 is 0 Å². The first kappa shape index (κ1) is 14.6.